The summed E-state index contributed by atoms with van der Waals surface area (Å²) < 4.78 is 44.7. The van der Waals surface area contributed by atoms with Crippen molar-refractivity contribution in [2.45, 2.75) is 19.9 Å². The topological polar surface area (TPSA) is 63.0 Å². The van der Waals surface area contributed by atoms with Crippen LogP contribution in [0.2, 0.25) is 0 Å². The number of nitrogens with zero attached hydrogens (tertiary/aromatic N) is 2. The zero-order valence-electron chi connectivity index (χ0n) is 10.7. The maximum Gasteiger partial charge on any atom is 0.320 e. The number of aromatic nitrogens is 2. The molecule has 0 saturated heterocycles. The summed E-state index contributed by atoms with van der Waals surface area (Å²) in [5, 5.41) is 12.6. The predicted molar refractivity (Wildman–Crippen MR) is 65.9 cm³/mol. The Hall–Kier alpha value is -2.09. The number of rotatable bonds is 6. The molecular weight excluding hydrogens is 273 g/mol. The van der Waals surface area contributed by atoms with Gasteiger partial charge in [-0.3, -0.25) is 0 Å². The molecule has 0 atom stereocenters. The quantitative estimate of drug-likeness (QED) is 0.799. The lowest BCUT2D eigenvalue weighted by atomic mass is 10.3. The lowest BCUT2D eigenvalue weighted by molar-refractivity contribution is 0.478. The van der Waals surface area contributed by atoms with Gasteiger partial charge in [-0.2, -0.15) is 0 Å². The van der Waals surface area contributed by atoms with E-state index in [2.05, 4.69) is 20.8 Å². The van der Waals surface area contributed by atoms with Gasteiger partial charge in [-0.25, -0.2) is 13.2 Å². The summed E-state index contributed by atoms with van der Waals surface area (Å²) in [6, 6.07) is 0.958. The van der Waals surface area contributed by atoms with Gasteiger partial charge in [-0.15, -0.1) is 5.10 Å². The van der Waals surface area contributed by atoms with Crippen molar-refractivity contribution in [3.05, 3.63) is 35.5 Å². The highest BCUT2D eigenvalue weighted by Gasteiger charge is 2.14. The third-order valence-electron chi connectivity index (χ3n) is 2.41. The molecule has 1 heterocycles. The highest BCUT2D eigenvalue weighted by atomic mass is 19.1. The van der Waals surface area contributed by atoms with Crippen molar-refractivity contribution in [2.75, 3.05) is 11.9 Å². The zero-order chi connectivity index (χ0) is 14.5. The van der Waals surface area contributed by atoms with E-state index in [1.54, 1.807) is 0 Å². The van der Waals surface area contributed by atoms with Gasteiger partial charge >= 0.3 is 6.01 Å². The number of hydrogen-bond acceptors (Lipinski definition) is 5. The summed E-state index contributed by atoms with van der Waals surface area (Å²) in [7, 11) is 0. The molecule has 2 aromatic rings. The summed E-state index contributed by atoms with van der Waals surface area (Å²) in [6.45, 7) is 3.15. The minimum absolute atomic E-state index is 0.164. The second-order valence-corrected chi connectivity index (χ2v) is 4.05. The summed E-state index contributed by atoms with van der Waals surface area (Å²) in [6.07, 6.45) is 0.950. The van der Waals surface area contributed by atoms with Crippen molar-refractivity contribution in [2.24, 2.45) is 0 Å². The number of nitrogens with one attached hydrogen (secondary N) is 2. The summed E-state index contributed by atoms with van der Waals surface area (Å²) in [5.74, 6) is -2.87. The summed E-state index contributed by atoms with van der Waals surface area (Å²) in [5.41, 5.74) is -0.539. The lowest BCUT2D eigenvalue weighted by Gasteiger charge is -2.04. The van der Waals surface area contributed by atoms with Gasteiger partial charge in [0.25, 0.3) is 0 Å². The molecule has 0 saturated carbocycles. The van der Waals surface area contributed by atoms with Crippen LogP contribution < -0.4 is 10.6 Å². The molecule has 2 N–H and O–H groups in total. The Morgan fingerprint density at radius 3 is 2.50 bits per heavy atom. The average molecular weight is 286 g/mol. The molecule has 2 rings (SSSR count). The standard InChI is InChI=1S/C12H13F3N4O/c1-2-3-16-6-10-18-19-12(20-10)17-11-8(14)4-7(13)5-9(11)15/h4-5,16H,2-3,6H2,1H3,(H,17,19). The van der Waals surface area contributed by atoms with Gasteiger partial charge in [-0.1, -0.05) is 12.0 Å². The van der Waals surface area contributed by atoms with Crippen molar-refractivity contribution in [3.63, 3.8) is 0 Å². The van der Waals surface area contributed by atoms with E-state index < -0.39 is 23.1 Å². The SMILES string of the molecule is CCCNCc1nnc(Nc2c(F)cc(F)cc2F)o1. The average Bonchev–Trinajstić information content (AvgIpc) is 2.82. The van der Waals surface area contributed by atoms with Crippen molar-refractivity contribution in [3.8, 4) is 0 Å². The fourth-order valence-electron chi connectivity index (χ4n) is 1.52. The van der Waals surface area contributed by atoms with E-state index in [9.17, 15) is 13.2 Å². The van der Waals surface area contributed by atoms with Crippen LogP contribution in [-0.2, 0) is 6.54 Å². The summed E-state index contributed by atoms with van der Waals surface area (Å²) >= 11 is 0. The molecule has 5 nitrogen and oxygen atoms in total. The van der Waals surface area contributed by atoms with Crippen molar-refractivity contribution in [1.82, 2.24) is 15.5 Å². The van der Waals surface area contributed by atoms with E-state index >= 15 is 0 Å². The van der Waals surface area contributed by atoms with E-state index in [1.807, 2.05) is 6.92 Å². The Morgan fingerprint density at radius 2 is 1.85 bits per heavy atom. The molecule has 0 spiro atoms. The van der Waals surface area contributed by atoms with Crippen molar-refractivity contribution >= 4 is 11.7 Å². The molecule has 0 unspecified atom stereocenters. The Bertz CT molecular complexity index is 565. The number of anilines is 2. The van der Waals surface area contributed by atoms with E-state index in [1.165, 1.54) is 0 Å². The zero-order valence-corrected chi connectivity index (χ0v) is 10.7. The third kappa shape index (κ3) is 3.47. The molecular formula is C12H13F3N4O. The minimum Gasteiger partial charge on any atom is -0.406 e. The van der Waals surface area contributed by atoms with Crippen LogP contribution in [0, 0.1) is 17.5 Å². The lowest BCUT2D eigenvalue weighted by Crippen LogP contribution is -2.13. The molecule has 20 heavy (non-hydrogen) atoms. The molecule has 0 amide bonds. The number of benzene rings is 1. The van der Waals surface area contributed by atoms with Crippen LogP contribution in [0.4, 0.5) is 24.9 Å². The third-order valence-corrected chi connectivity index (χ3v) is 2.41. The van der Waals surface area contributed by atoms with Gasteiger partial charge in [0.15, 0.2) is 11.6 Å². The van der Waals surface area contributed by atoms with Gasteiger partial charge < -0.3 is 15.1 Å². The summed E-state index contributed by atoms with van der Waals surface area (Å²) in [4.78, 5) is 0. The molecule has 0 aliphatic carbocycles. The Labute approximate surface area is 113 Å². The first-order valence-electron chi connectivity index (χ1n) is 6.04. The first-order valence-corrected chi connectivity index (χ1v) is 6.04. The first kappa shape index (κ1) is 14.3. The smallest absolute Gasteiger partial charge is 0.320 e. The Balaban J connectivity index is 2.07. The fourth-order valence-corrected chi connectivity index (χ4v) is 1.52. The van der Waals surface area contributed by atoms with Crippen LogP contribution in [0.5, 0.6) is 0 Å². The number of halogens is 3. The van der Waals surface area contributed by atoms with Gasteiger partial charge in [0.05, 0.1) is 6.54 Å². The van der Waals surface area contributed by atoms with E-state index in [0.717, 1.165) is 13.0 Å². The van der Waals surface area contributed by atoms with Crippen LogP contribution in [-0.4, -0.2) is 16.7 Å². The normalized spacial score (nSPS) is 10.8. The predicted octanol–water partition coefficient (Wildman–Crippen LogP) is 2.73. The Kier molecular flexibility index (Phi) is 4.57. The second kappa shape index (κ2) is 6.38. The van der Waals surface area contributed by atoms with Gasteiger partial charge in [0.2, 0.25) is 5.89 Å². The van der Waals surface area contributed by atoms with E-state index in [4.69, 9.17) is 4.42 Å². The van der Waals surface area contributed by atoms with Gasteiger partial charge in [-0.05, 0) is 13.0 Å². The van der Waals surface area contributed by atoms with Crippen LogP contribution >= 0.6 is 0 Å². The van der Waals surface area contributed by atoms with Crippen LogP contribution in [0.3, 0.4) is 0 Å². The minimum atomic E-state index is -1.08. The molecule has 0 aliphatic heterocycles. The molecule has 0 bridgehead atoms. The molecule has 0 radical (unpaired) electrons. The van der Waals surface area contributed by atoms with Gasteiger partial charge in [0, 0.05) is 12.1 Å². The van der Waals surface area contributed by atoms with Crippen LogP contribution in [0.25, 0.3) is 0 Å². The van der Waals surface area contributed by atoms with Crippen LogP contribution in [0.1, 0.15) is 19.2 Å². The molecule has 1 aromatic heterocycles. The maximum atomic E-state index is 13.4. The van der Waals surface area contributed by atoms with Crippen LogP contribution in [0.15, 0.2) is 16.5 Å². The highest BCUT2D eigenvalue weighted by Crippen LogP contribution is 2.23. The largest absolute Gasteiger partial charge is 0.406 e. The van der Waals surface area contributed by atoms with E-state index in [-0.39, 0.29) is 11.9 Å². The van der Waals surface area contributed by atoms with Gasteiger partial charge in [0.1, 0.15) is 11.5 Å². The highest BCUT2D eigenvalue weighted by molar-refractivity contribution is 5.53. The monoisotopic (exact) mass is 286 g/mol. The van der Waals surface area contributed by atoms with Crippen molar-refractivity contribution in [1.29, 1.82) is 0 Å². The van der Waals surface area contributed by atoms with E-state index in [0.29, 0.717) is 18.7 Å². The molecule has 8 heteroatoms. The molecule has 0 fully saturated rings. The van der Waals surface area contributed by atoms with Crippen molar-refractivity contribution < 1.29 is 17.6 Å². The molecule has 1 aromatic carbocycles. The second-order valence-electron chi connectivity index (χ2n) is 4.05. The maximum absolute atomic E-state index is 13.4. The molecule has 108 valence electrons. The number of hydrogen-bond donors (Lipinski definition) is 2. The molecule has 0 aliphatic rings. The fraction of sp³-hybridized carbons (Fsp3) is 0.333. The first-order chi connectivity index (χ1) is 9.60. The Morgan fingerprint density at radius 1 is 1.15 bits per heavy atom.